The van der Waals surface area contributed by atoms with Gasteiger partial charge in [0.15, 0.2) is 5.69 Å². The zero-order valence-corrected chi connectivity index (χ0v) is 21.5. The first kappa shape index (κ1) is 24.5. The Bertz CT molecular complexity index is 902. The van der Waals surface area contributed by atoms with Crippen molar-refractivity contribution in [3.8, 4) is 5.69 Å². The van der Waals surface area contributed by atoms with Gasteiger partial charge in [-0.2, -0.15) is 5.10 Å². The SMILES string of the molecule is CC(C)NC(=O)c1cc(CC2CCCCC2)n(-c2cc(C(C)(C)C)cc(C(C)(C)C)c2)n1. The lowest BCUT2D eigenvalue weighted by molar-refractivity contribution is 0.0937. The average molecular weight is 438 g/mol. The molecule has 0 radical (unpaired) electrons. The fourth-order valence-electron chi connectivity index (χ4n) is 4.52. The Kier molecular flexibility index (Phi) is 7.21. The van der Waals surface area contributed by atoms with E-state index in [9.17, 15) is 4.79 Å². The fourth-order valence-corrected chi connectivity index (χ4v) is 4.52. The Morgan fingerprint density at radius 2 is 1.53 bits per heavy atom. The van der Waals surface area contributed by atoms with Gasteiger partial charge in [-0.1, -0.05) is 79.7 Å². The number of amides is 1. The molecule has 1 aliphatic rings. The lowest BCUT2D eigenvalue weighted by Gasteiger charge is -2.27. The maximum absolute atomic E-state index is 12.8. The summed E-state index contributed by atoms with van der Waals surface area (Å²) in [5.74, 6) is 0.583. The first-order valence-corrected chi connectivity index (χ1v) is 12.4. The van der Waals surface area contributed by atoms with Gasteiger partial charge in [-0.05, 0) is 66.3 Å². The molecule has 1 heterocycles. The highest BCUT2D eigenvalue weighted by atomic mass is 16.2. The minimum atomic E-state index is -0.0911. The summed E-state index contributed by atoms with van der Waals surface area (Å²) in [6, 6.07) is 8.96. The molecule has 1 aliphatic carbocycles. The van der Waals surface area contributed by atoms with Crippen LogP contribution < -0.4 is 5.32 Å². The van der Waals surface area contributed by atoms with E-state index in [1.165, 1.54) is 43.2 Å². The van der Waals surface area contributed by atoms with E-state index < -0.39 is 0 Å². The fraction of sp³-hybridized carbons (Fsp3) is 0.643. The lowest BCUT2D eigenvalue weighted by atomic mass is 9.80. The molecule has 3 rings (SSSR count). The third kappa shape index (κ3) is 6.02. The lowest BCUT2D eigenvalue weighted by Crippen LogP contribution is -2.30. The first-order chi connectivity index (χ1) is 14.8. The smallest absolute Gasteiger partial charge is 0.271 e. The van der Waals surface area contributed by atoms with E-state index >= 15 is 0 Å². The second-order valence-electron chi connectivity index (χ2n) is 12.0. The number of hydrogen-bond donors (Lipinski definition) is 1. The summed E-state index contributed by atoms with van der Waals surface area (Å²) < 4.78 is 2.05. The van der Waals surface area contributed by atoms with Crippen molar-refractivity contribution in [1.82, 2.24) is 15.1 Å². The minimum absolute atomic E-state index is 0.0323. The summed E-state index contributed by atoms with van der Waals surface area (Å²) in [7, 11) is 0. The summed E-state index contributed by atoms with van der Waals surface area (Å²) in [5.41, 5.74) is 5.39. The molecule has 176 valence electrons. The van der Waals surface area contributed by atoms with Crippen LogP contribution in [0, 0.1) is 5.92 Å². The van der Waals surface area contributed by atoms with Crippen LogP contribution in [-0.4, -0.2) is 21.7 Å². The maximum atomic E-state index is 12.8. The van der Waals surface area contributed by atoms with Crippen LogP contribution in [0.3, 0.4) is 0 Å². The van der Waals surface area contributed by atoms with E-state index in [-0.39, 0.29) is 22.8 Å². The normalized spacial score (nSPS) is 15.9. The van der Waals surface area contributed by atoms with Crippen LogP contribution in [-0.2, 0) is 17.3 Å². The van der Waals surface area contributed by atoms with Crippen LogP contribution in [0.1, 0.15) is 115 Å². The van der Waals surface area contributed by atoms with Gasteiger partial charge in [-0.25, -0.2) is 4.68 Å². The van der Waals surface area contributed by atoms with Crippen LogP contribution in [0.5, 0.6) is 0 Å². The van der Waals surface area contributed by atoms with Crippen LogP contribution in [0.15, 0.2) is 24.3 Å². The van der Waals surface area contributed by atoms with Gasteiger partial charge in [0.25, 0.3) is 5.91 Å². The van der Waals surface area contributed by atoms with E-state index in [1.807, 2.05) is 24.6 Å². The number of aromatic nitrogens is 2. The average Bonchev–Trinajstić information content (AvgIpc) is 3.10. The van der Waals surface area contributed by atoms with Crippen molar-refractivity contribution < 1.29 is 4.79 Å². The Morgan fingerprint density at radius 3 is 2.03 bits per heavy atom. The van der Waals surface area contributed by atoms with Crippen molar-refractivity contribution in [2.75, 3.05) is 0 Å². The molecular weight excluding hydrogens is 394 g/mol. The molecular formula is C28H43N3O. The van der Waals surface area contributed by atoms with Gasteiger partial charge in [0.1, 0.15) is 0 Å². The molecule has 0 aliphatic heterocycles. The highest BCUT2D eigenvalue weighted by Gasteiger charge is 2.24. The number of benzene rings is 1. The number of nitrogens with zero attached hydrogens (tertiary/aromatic N) is 2. The summed E-state index contributed by atoms with van der Waals surface area (Å²) in [6.45, 7) is 17.5. The zero-order valence-electron chi connectivity index (χ0n) is 21.5. The van der Waals surface area contributed by atoms with E-state index in [0.29, 0.717) is 11.6 Å². The summed E-state index contributed by atoms with van der Waals surface area (Å²) in [4.78, 5) is 12.8. The highest BCUT2D eigenvalue weighted by molar-refractivity contribution is 5.92. The topological polar surface area (TPSA) is 46.9 Å². The van der Waals surface area contributed by atoms with Crippen molar-refractivity contribution in [3.05, 3.63) is 46.8 Å². The molecule has 0 unspecified atom stereocenters. The quantitative estimate of drug-likeness (QED) is 0.564. The van der Waals surface area contributed by atoms with Crippen LogP contribution in [0.2, 0.25) is 0 Å². The number of rotatable bonds is 5. The van der Waals surface area contributed by atoms with Crippen molar-refractivity contribution in [2.45, 2.75) is 111 Å². The monoisotopic (exact) mass is 437 g/mol. The van der Waals surface area contributed by atoms with Crippen molar-refractivity contribution in [3.63, 3.8) is 0 Å². The molecule has 32 heavy (non-hydrogen) atoms. The molecule has 4 heteroatoms. The van der Waals surface area contributed by atoms with Crippen LogP contribution in [0.4, 0.5) is 0 Å². The Morgan fingerprint density at radius 1 is 0.969 bits per heavy atom. The van der Waals surface area contributed by atoms with Crippen LogP contribution >= 0.6 is 0 Å². The van der Waals surface area contributed by atoms with Gasteiger partial charge in [-0.3, -0.25) is 4.79 Å². The van der Waals surface area contributed by atoms with Crippen molar-refractivity contribution in [2.24, 2.45) is 5.92 Å². The second kappa shape index (κ2) is 9.41. The van der Waals surface area contributed by atoms with Crippen LogP contribution in [0.25, 0.3) is 5.69 Å². The molecule has 1 N–H and O–H groups in total. The molecule has 0 atom stereocenters. The molecule has 0 saturated heterocycles. The summed E-state index contributed by atoms with van der Waals surface area (Å²) in [5, 5.41) is 7.86. The standard InChI is InChI=1S/C28H43N3O/c1-19(2)29-26(32)25-18-23(14-20-12-10-9-11-13-20)31(30-25)24-16-21(27(3,4)5)15-22(17-24)28(6,7)8/h15-20H,9-14H2,1-8H3,(H,29,32). The van der Waals surface area contributed by atoms with Gasteiger partial charge < -0.3 is 5.32 Å². The summed E-state index contributed by atoms with van der Waals surface area (Å²) >= 11 is 0. The second-order valence-corrected chi connectivity index (χ2v) is 12.0. The number of hydrogen-bond acceptors (Lipinski definition) is 2. The number of carbonyl (C=O) groups excluding carboxylic acids is 1. The molecule has 1 aromatic heterocycles. The molecule has 1 aromatic carbocycles. The molecule has 1 amide bonds. The Hall–Kier alpha value is -2.10. The molecule has 2 aromatic rings. The molecule has 4 nitrogen and oxygen atoms in total. The Labute approximate surface area is 195 Å². The van der Waals surface area contributed by atoms with Gasteiger partial charge in [-0.15, -0.1) is 0 Å². The predicted octanol–water partition coefficient (Wildman–Crippen LogP) is 6.73. The molecule has 1 fully saturated rings. The van der Waals surface area contributed by atoms with Crippen molar-refractivity contribution in [1.29, 1.82) is 0 Å². The van der Waals surface area contributed by atoms with Crippen molar-refractivity contribution >= 4 is 5.91 Å². The maximum Gasteiger partial charge on any atom is 0.271 e. The zero-order chi connectivity index (χ0) is 23.7. The van der Waals surface area contributed by atoms with Gasteiger partial charge in [0.2, 0.25) is 0 Å². The third-order valence-corrected chi connectivity index (χ3v) is 6.55. The number of nitrogens with one attached hydrogen (secondary N) is 1. The number of carbonyl (C=O) groups is 1. The first-order valence-electron chi connectivity index (χ1n) is 12.4. The minimum Gasteiger partial charge on any atom is -0.348 e. The van der Waals surface area contributed by atoms with E-state index in [1.54, 1.807) is 0 Å². The van der Waals surface area contributed by atoms with Gasteiger partial charge in [0.05, 0.1) is 5.69 Å². The highest BCUT2D eigenvalue weighted by Crippen LogP contribution is 2.33. The van der Waals surface area contributed by atoms with Gasteiger partial charge in [0, 0.05) is 11.7 Å². The molecule has 0 spiro atoms. The van der Waals surface area contributed by atoms with E-state index in [4.69, 9.17) is 5.10 Å². The summed E-state index contributed by atoms with van der Waals surface area (Å²) in [6.07, 6.45) is 7.50. The Balaban J connectivity index is 2.11. The van der Waals surface area contributed by atoms with E-state index in [0.717, 1.165) is 17.8 Å². The molecule has 0 bridgehead atoms. The van der Waals surface area contributed by atoms with E-state index in [2.05, 4.69) is 65.1 Å². The van der Waals surface area contributed by atoms with Gasteiger partial charge >= 0.3 is 0 Å². The molecule has 1 saturated carbocycles. The largest absolute Gasteiger partial charge is 0.348 e. The predicted molar refractivity (Wildman–Crippen MR) is 134 cm³/mol. The third-order valence-electron chi connectivity index (χ3n) is 6.55.